The SMILES string of the molecule is Nc1cc(=O)n(CC=O)c2cc(OC(F)F)ccc12. The van der Waals surface area contributed by atoms with Crippen LogP contribution in [-0.2, 0) is 11.3 Å². The van der Waals surface area contributed by atoms with Crippen LogP contribution in [0.5, 0.6) is 5.75 Å². The highest BCUT2D eigenvalue weighted by Crippen LogP contribution is 2.24. The minimum atomic E-state index is -2.97. The standard InChI is InChI=1S/C12H10F2N2O3/c13-12(14)19-7-1-2-8-9(15)6-11(18)16(3-4-17)10(8)5-7/h1-2,4-6,12H,3,15H2. The fraction of sp³-hybridized carbons (Fsp3) is 0.167. The predicted octanol–water partition coefficient (Wildman–Crippen LogP) is 1.38. The van der Waals surface area contributed by atoms with E-state index in [2.05, 4.69) is 4.74 Å². The molecule has 1 aromatic heterocycles. The molecule has 19 heavy (non-hydrogen) atoms. The molecule has 0 aliphatic rings. The Hall–Kier alpha value is -2.44. The highest BCUT2D eigenvalue weighted by atomic mass is 19.3. The number of benzene rings is 1. The van der Waals surface area contributed by atoms with Crippen molar-refractivity contribution in [1.82, 2.24) is 4.57 Å². The third-order valence-corrected chi connectivity index (χ3v) is 2.60. The van der Waals surface area contributed by atoms with Crippen LogP contribution in [0, 0.1) is 0 Å². The predicted molar refractivity (Wildman–Crippen MR) is 65.3 cm³/mol. The number of nitrogens with two attached hydrogens (primary N) is 1. The number of alkyl halides is 2. The average Bonchev–Trinajstić information content (AvgIpc) is 2.33. The zero-order valence-corrected chi connectivity index (χ0v) is 9.68. The van der Waals surface area contributed by atoms with E-state index in [-0.39, 0.29) is 23.5 Å². The molecule has 0 spiro atoms. The summed E-state index contributed by atoms with van der Waals surface area (Å²) in [4.78, 5) is 22.3. The average molecular weight is 268 g/mol. The summed E-state index contributed by atoms with van der Waals surface area (Å²) in [7, 11) is 0. The van der Waals surface area contributed by atoms with E-state index in [1.54, 1.807) is 0 Å². The van der Waals surface area contributed by atoms with E-state index in [9.17, 15) is 18.4 Å². The van der Waals surface area contributed by atoms with Gasteiger partial charge in [-0.05, 0) is 12.1 Å². The van der Waals surface area contributed by atoms with Crippen LogP contribution in [0.4, 0.5) is 14.5 Å². The first-order valence-corrected chi connectivity index (χ1v) is 5.34. The zero-order chi connectivity index (χ0) is 14.0. The van der Waals surface area contributed by atoms with E-state index in [0.717, 1.165) is 4.57 Å². The van der Waals surface area contributed by atoms with Gasteiger partial charge in [0.1, 0.15) is 12.0 Å². The summed E-state index contributed by atoms with van der Waals surface area (Å²) < 4.78 is 29.7. The Morgan fingerprint density at radius 2 is 2.11 bits per heavy atom. The molecule has 0 saturated carbocycles. The number of fused-ring (bicyclic) bond motifs is 1. The second-order valence-electron chi connectivity index (χ2n) is 3.77. The minimum absolute atomic E-state index is 0.104. The lowest BCUT2D eigenvalue weighted by molar-refractivity contribution is -0.108. The number of nitrogens with zero attached hydrogens (tertiary/aromatic N) is 1. The Bertz CT molecular complexity index is 682. The van der Waals surface area contributed by atoms with Gasteiger partial charge in [-0.15, -0.1) is 0 Å². The van der Waals surface area contributed by atoms with E-state index in [1.165, 1.54) is 24.3 Å². The number of hydrogen-bond donors (Lipinski definition) is 1. The molecule has 0 aliphatic carbocycles. The van der Waals surface area contributed by atoms with Crippen molar-refractivity contribution in [3.05, 3.63) is 34.6 Å². The molecule has 0 unspecified atom stereocenters. The summed E-state index contributed by atoms with van der Waals surface area (Å²) in [5.41, 5.74) is 5.69. The molecule has 0 aliphatic heterocycles. The van der Waals surface area contributed by atoms with Gasteiger partial charge in [-0.3, -0.25) is 4.79 Å². The number of carbonyl (C=O) groups excluding carboxylic acids is 1. The molecule has 0 saturated heterocycles. The number of pyridine rings is 1. The van der Waals surface area contributed by atoms with E-state index < -0.39 is 12.2 Å². The first-order chi connectivity index (χ1) is 9.02. The van der Waals surface area contributed by atoms with Crippen molar-refractivity contribution in [1.29, 1.82) is 0 Å². The van der Waals surface area contributed by atoms with Crippen molar-refractivity contribution >= 4 is 22.9 Å². The topological polar surface area (TPSA) is 74.3 Å². The number of halogens is 2. The molecule has 2 N–H and O–H groups in total. The van der Waals surface area contributed by atoms with E-state index >= 15 is 0 Å². The lowest BCUT2D eigenvalue weighted by Gasteiger charge is -2.11. The van der Waals surface area contributed by atoms with Crippen LogP contribution >= 0.6 is 0 Å². The van der Waals surface area contributed by atoms with Gasteiger partial charge >= 0.3 is 6.61 Å². The third-order valence-electron chi connectivity index (χ3n) is 2.60. The number of hydrogen-bond acceptors (Lipinski definition) is 4. The first kappa shape index (κ1) is 13.0. The first-order valence-electron chi connectivity index (χ1n) is 5.34. The molecule has 0 atom stereocenters. The second kappa shape index (κ2) is 5.05. The molecule has 0 radical (unpaired) electrons. The summed E-state index contributed by atoms with van der Waals surface area (Å²) in [5, 5.41) is 0.489. The van der Waals surface area contributed by atoms with E-state index in [0.29, 0.717) is 11.7 Å². The van der Waals surface area contributed by atoms with Crippen LogP contribution in [0.15, 0.2) is 29.1 Å². The summed E-state index contributed by atoms with van der Waals surface area (Å²) in [6.07, 6.45) is 0.539. The Kier molecular flexibility index (Phi) is 3.46. The maximum atomic E-state index is 12.2. The lowest BCUT2D eigenvalue weighted by Crippen LogP contribution is -2.21. The van der Waals surface area contributed by atoms with E-state index in [1.807, 2.05) is 0 Å². The maximum Gasteiger partial charge on any atom is 0.387 e. The Balaban J connectivity index is 2.69. The normalized spacial score (nSPS) is 10.9. The van der Waals surface area contributed by atoms with Gasteiger partial charge in [-0.25, -0.2) is 0 Å². The molecule has 1 heterocycles. The Morgan fingerprint density at radius 1 is 1.37 bits per heavy atom. The van der Waals surface area contributed by atoms with Crippen molar-refractivity contribution in [2.75, 3.05) is 5.73 Å². The molecule has 2 rings (SSSR count). The molecule has 1 aromatic carbocycles. The highest BCUT2D eigenvalue weighted by molar-refractivity contribution is 5.91. The van der Waals surface area contributed by atoms with Gasteiger partial charge in [0.25, 0.3) is 5.56 Å². The fourth-order valence-electron chi connectivity index (χ4n) is 1.83. The van der Waals surface area contributed by atoms with Crippen LogP contribution in [0.1, 0.15) is 0 Å². The molecular formula is C12H10F2N2O3. The molecule has 0 bridgehead atoms. The second-order valence-corrected chi connectivity index (χ2v) is 3.77. The van der Waals surface area contributed by atoms with Crippen molar-refractivity contribution in [2.45, 2.75) is 13.2 Å². The van der Waals surface area contributed by atoms with Gasteiger partial charge < -0.3 is 19.8 Å². The fourth-order valence-corrected chi connectivity index (χ4v) is 1.83. The smallest absolute Gasteiger partial charge is 0.387 e. The van der Waals surface area contributed by atoms with Crippen molar-refractivity contribution in [3.8, 4) is 5.75 Å². The molecule has 0 amide bonds. The molecule has 5 nitrogen and oxygen atoms in total. The van der Waals surface area contributed by atoms with Gasteiger partial charge in [0.2, 0.25) is 0 Å². The minimum Gasteiger partial charge on any atom is -0.435 e. The van der Waals surface area contributed by atoms with Gasteiger partial charge in [-0.1, -0.05) is 0 Å². The lowest BCUT2D eigenvalue weighted by atomic mass is 10.1. The summed E-state index contributed by atoms with van der Waals surface area (Å²) >= 11 is 0. The van der Waals surface area contributed by atoms with Crippen molar-refractivity contribution in [3.63, 3.8) is 0 Å². The number of carbonyl (C=O) groups is 1. The zero-order valence-electron chi connectivity index (χ0n) is 9.68. The number of aldehydes is 1. The van der Waals surface area contributed by atoms with Crippen molar-refractivity contribution < 1.29 is 18.3 Å². The van der Waals surface area contributed by atoms with Crippen LogP contribution in [0.2, 0.25) is 0 Å². The number of rotatable bonds is 4. The molecule has 7 heteroatoms. The Labute approximate surface area is 106 Å². The van der Waals surface area contributed by atoms with Crippen molar-refractivity contribution in [2.24, 2.45) is 0 Å². The summed E-state index contributed by atoms with van der Waals surface area (Å²) in [6, 6.07) is 5.21. The quantitative estimate of drug-likeness (QED) is 0.850. The van der Waals surface area contributed by atoms with Crippen LogP contribution in [-0.4, -0.2) is 17.5 Å². The molecule has 100 valence electrons. The van der Waals surface area contributed by atoms with Gasteiger partial charge in [0.05, 0.1) is 12.1 Å². The summed E-state index contributed by atoms with van der Waals surface area (Å²) in [5.74, 6) is -0.104. The number of ether oxygens (including phenoxy) is 1. The summed E-state index contributed by atoms with van der Waals surface area (Å²) in [6.45, 7) is -3.15. The van der Waals surface area contributed by atoms with Gasteiger partial charge in [-0.2, -0.15) is 8.78 Å². The van der Waals surface area contributed by atoms with Crippen LogP contribution < -0.4 is 16.0 Å². The number of anilines is 1. The largest absolute Gasteiger partial charge is 0.435 e. The monoisotopic (exact) mass is 268 g/mol. The van der Waals surface area contributed by atoms with E-state index in [4.69, 9.17) is 5.73 Å². The Morgan fingerprint density at radius 3 is 2.74 bits per heavy atom. The van der Waals surface area contributed by atoms with Gasteiger partial charge in [0, 0.05) is 23.2 Å². The molecular weight excluding hydrogens is 258 g/mol. The van der Waals surface area contributed by atoms with Crippen LogP contribution in [0.3, 0.4) is 0 Å². The number of nitrogen functional groups attached to an aromatic ring is 1. The highest BCUT2D eigenvalue weighted by Gasteiger charge is 2.10. The third kappa shape index (κ3) is 2.54. The molecule has 2 aromatic rings. The molecule has 0 fully saturated rings. The van der Waals surface area contributed by atoms with Crippen LogP contribution in [0.25, 0.3) is 10.9 Å². The number of aromatic nitrogens is 1. The van der Waals surface area contributed by atoms with Gasteiger partial charge in [0.15, 0.2) is 0 Å². The maximum absolute atomic E-state index is 12.2.